The zero-order chi connectivity index (χ0) is 11.3. The lowest BCUT2D eigenvalue weighted by molar-refractivity contribution is 0.0996. The SMILES string of the molecule is CSC[C@@](C)(O)CNc1ccc(Br)cn1. The van der Waals surface area contributed by atoms with E-state index in [2.05, 4.69) is 26.2 Å². The van der Waals surface area contributed by atoms with E-state index in [1.165, 1.54) is 0 Å². The van der Waals surface area contributed by atoms with Crippen LogP contribution in [0.15, 0.2) is 22.8 Å². The zero-order valence-corrected chi connectivity index (χ0v) is 11.2. The van der Waals surface area contributed by atoms with Crippen molar-refractivity contribution in [2.45, 2.75) is 12.5 Å². The lowest BCUT2D eigenvalue weighted by atomic mass is 10.1. The van der Waals surface area contributed by atoms with Crippen molar-refractivity contribution in [3.63, 3.8) is 0 Å². The highest BCUT2D eigenvalue weighted by Crippen LogP contribution is 2.14. The minimum Gasteiger partial charge on any atom is -0.387 e. The van der Waals surface area contributed by atoms with E-state index in [0.29, 0.717) is 12.3 Å². The van der Waals surface area contributed by atoms with Gasteiger partial charge in [0.25, 0.3) is 0 Å². The molecule has 0 saturated carbocycles. The lowest BCUT2D eigenvalue weighted by Crippen LogP contribution is -2.36. The minimum absolute atomic E-state index is 0.502. The van der Waals surface area contributed by atoms with Gasteiger partial charge in [0, 0.05) is 23.0 Å². The number of aliphatic hydroxyl groups is 1. The summed E-state index contributed by atoms with van der Waals surface area (Å²) in [5.74, 6) is 1.48. The van der Waals surface area contributed by atoms with Gasteiger partial charge in [0.15, 0.2) is 0 Å². The average Bonchev–Trinajstić information content (AvgIpc) is 2.17. The highest BCUT2D eigenvalue weighted by atomic mass is 79.9. The summed E-state index contributed by atoms with van der Waals surface area (Å²) < 4.78 is 0.948. The Morgan fingerprint density at radius 1 is 1.60 bits per heavy atom. The van der Waals surface area contributed by atoms with Crippen molar-refractivity contribution in [3.8, 4) is 0 Å². The molecule has 5 heteroatoms. The summed E-state index contributed by atoms with van der Waals surface area (Å²) in [4.78, 5) is 4.17. The van der Waals surface area contributed by atoms with Crippen molar-refractivity contribution in [3.05, 3.63) is 22.8 Å². The van der Waals surface area contributed by atoms with Crippen LogP contribution in [-0.2, 0) is 0 Å². The molecular formula is C10H15BrN2OS. The van der Waals surface area contributed by atoms with Gasteiger partial charge in [0.05, 0.1) is 5.60 Å². The number of anilines is 1. The van der Waals surface area contributed by atoms with Crippen molar-refractivity contribution in [1.82, 2.24) is 4.98 Å². The van der Waals surface area contributed by atoms with Crippen molar-refractivity contribution in [2.24, 2.45) is 0 Å². The minimum atomic E-state index is -0.700. The predicted molar refractivity (Wildman–Crippen MR) is 69.4 cm³/mol. The smallest absolute Gasteiger partial charge is 0.126 e. The fourth-order valence-corrected chi connectivity index (χ4v) is 2.08. The first kappa shape index (κ1) is 12.8. The Kier molecular flexibility index (Phi) is 4.89. The van der Waals surface area contributed by atoms with E-state index in [1.807, 2.05) is 25.3 Å². The van der Waals surface area contributed by atoms with E-state index in [4.69, 9.17) is 0 Å². The Morgan fingerprint density at radius 2 is 2.33 bits per heavy atom. The first-order valence-electron chi connectivity index (χ1n) is 4.60. The van der Waals surface area contributed by atoms with E-state index < -0.39 is 5.60 Å². The molecule has 15 heavy (non-hydrogen) atoms. The predicted octanol–water partition coefficient (Wildman–Crippen LogP) is 2.37. The molecule has 0 bridgehead atoms. The maximum atomic E-state index is 9.91. The molecule has 1 heterocycles. The van der Waals surface area contributed by atoms with Crippen LogP contribution in [0.1, 0.15) is 6.92 Å². The Hall–Kier alpha value is -0.260. The zero-order valence-electron chi connectivity index (χ0n) is 8.83. The summed E-state index contributed by atoms with van der Waals surface area (Å²) in [5, 5.41) is 13.0. The van der Waals surface area contributed by atoms with Crippen molar-refractivity contribution in [2.75, 3.05) is 23.9 Å². The molecule has 0 fully saturated rings. The van der Waals surface area contributed by atoms with Crippen LogP contribution in [0, 0.1) is 0 Å². The summed E-state index contributed by atoms with van der Waals surface area (Å²) in [6.45, 7) is 2.32. The van der Waals surface area contributed by atoms with E-state index >= 15 is 0 Å². The second-order valence-corrected chi connectivity index (χ2v) is 5.43. The number of pyridine rings is 1. The van der Waals surface area contributed by atoms with Crippen LogP contribution < -0.4 is 5.32 Å². The Morgan fingerprint density at radius 3 is 2.87 bits per heavy atom. The second-order valence-electron chi connectivity index (χ2n) is 3.65. The maximum Gasteiger partial charge on any atom is 0.126 e. The third-order valence-corrected chi connectivity index (χ3v) is 3.21. The number of aromatic nitrogens is 1. The molecule has 0 amide bonds. The molecule has 1 aromatic heterocycles. The van der Waals surface area contributed by atoms with Gasteiger partial charge in [-0.2, -0.15) is 11.8 Å². The first-order valence-corrected chi connectivity index (χ1v) is 6.79. The Bertz CT molecular complexity index is 303. The monoisotopic (exact) mass is 290 g/mol. The van der Waals surface area contributed by atoms with Crippen molar-refractivity contribution in [1.29, 1.82) is 0 Å². The highest BCUT2D eigenvalue weighted by Gasteiger charge is 2.18. The number of nitrogens with one attached hydrogen (secondary N) is 1. The van der Waals surface area contributed by atoms with Gasteiger partial charge >= 0.3 is 0 Å². The van der Waals surface area contributed by atoms with Crippen LogP contribution in [0.3, 0.4) is 0 Å². The lowest BCUT2D eigenvalue weighted by Gasteiger charge is -2.22. The largest absolute Gasteiger partial charge is 0.387 e. The molecule has 1 rings (SSSR count). The number of nitrogens with zero attached hydrogens (tertiary/aromatic N) is 1. The Labute approximate surface area is 103 Å². The first-order chi connectivity index (χ1) is 7.03. The van der Waals surface area contributed by atoms with Crippen LogP contribution >= 0.6 is 27.7 Å². The number of halogens is 1. The summed E-state index contributed by atoms with van der Waals surface area (Å²) in [5.41, 5.74) is -0.700. The number of hydrogen-bond donors (Lipinski definition) is 2. The Balaban J connectivity index is 2.46. The van der Waals surface area contributed by atoms with Crippen molar-refractivity contribution < 1.29 is 5.11 Å². The van der Waals surface area contributed by atoms with Gasteiger partial charge in [-0.25, -0.2) is 4.98 Å². The normalized spacial score (nSPS) is 14.7. The van der Waals surface area contributed by atoms with Crippen LogP contribution in [0.2, 0.25) is 0 Å². The molecule has 0 aliphatic heterocycles. The van der Waals surface area contributed by atoms with E-state index in [0.717, 1.165) is 10.3 Å². The standard InChI is InChI=1S/C10H15BrN2OS/c1-10(14,7-15-2)6-13-9-4-3-8(11)5-12-9/h3-5,14H,6-7H2,1-2H3,(H,12,13)/t10-/m0/s1. The van der Waals surface area contributed by atoms with Gasteiger partial charge < -0.3 is 10.4 Å². The number of hydrogen-bond acceptors (Lipinski definition) is 4. The van der Waals surface area contributed by atoms with E-state index in [-0.39, 0.29) is 0 Å². The molecule has 0 spiro atoms. The third-order valence-electron chi connectivity index (χ3n) is 1.83. The van der Waals surface area contributed by atoms with Crippen LogP contribution in [0.4, 0.5) is 5.82 Å². The average molecular weight is 291 g/mol. The molecule has 0 saturated heterocycles. The van der Waals surface area contributed by atoms with Gasteiger partial charge in [-0.1, -0.05) is 0 Å². The van der Waals surface area contributed by atoms with Gasteiger partial charge in [0.1, 0.15) is 5.82 Å². The summed E-state index contributed by atoms with van der Waals surface area (Å²) in [6.07, 6.45) is 3.71. The summed E-state index contributed by atoms with van der Waals surface area (Å²) in [7, 11) is 0. The van der Waals surface area contributed by atoms with Gasteiger partial charge in [-0.15, -0.1) is 0 Å². The summed E-state index contributed by atoms with van der Waals surface area (Å²) >= 11 is 4.95. The molecule has 2 N–H and O–H groups in total. The molecule has 1 atom stereocenters. The third kappa shape index (κ3) is 4.86. The molecule has 3 nitrogen and oxygen atoms in total. The second kappa shape index (κ2) is 5.72. The molecule has 0 aromatic carbocycles. The van der Waals surface area contributed by atoms with Crippen LogP contribution in [0.5, 0.6) is 0 Å². The van der Waals surface area contributed by atoms with Gasteiger partial charge in [0.2, 0.25) is 0 Å². The summed E-state index contributed by atoms with van der Waals surface area (Å²) in [6, 6.07) is 3.79. The molecule has 0 aliphatic rings. The van der Waals surface area contributed by atoms with Crippen LogP contribution in [0.25, 0.3) is 0 Å². The molecule has 84 valence electrons. The maximum absolute atomic E-state index is 9.91. The van der Waals surface area contributed by atoms with Gasteiger partial charge in [-0.05, 0) is 41.2 Å². The van der Waals surface area contributed by atoms with Crippen molar-refractivity contribution >= 4 is 33.5 Å². The quantitative estimate of drug-likeness (QED) is 0.874. The molecular weight excluding hydrogens is 276 g/mol. The molecule has 1 aromatic rings. The molecule has 0 aliphatic carbocycles. The molecule has 0 radical (unpaired) electrons. The highest BCUT2D eigenvalue weighted by molar-refractivity contribution is 9.10. The number of thioether (sulfide) groups is 1. The molecule has 0 unspecified atom stereocenters. The number of rotatable bonds is 5. The topological polar surface area (TPSA) is 45.1 Å². The van der Waals surface area contributed by atoms with E-state index in [9.17, 15) is 5.11 Å². The fraction of sp³-hybridized carbons (Fsp3) is 0.500. The van der Waals surface area contributed by atoms with Crippen LogP contribution in [-0.4, -0.2) is 34.2 Å². The van der Waals surface area contributed by atoms with Gasteiger partial charge in [-0.3, -0.25) is 0 Å². The fourth-order valence-electron chi connectivity index (χ4n) is 1.12. The van der Waals surface area contributed by atoms with E-state index in [1.54, 1.807) is 18.0 Å².